The number of thioether (sulfide) groups is 1. The fourth-order valence-electron chi connectivity index (χ4n) is 1.42. The van der Waals surface area contributed by atoms with Gasteiger partial charge in [0.2, 0.25) is 0 Å². The van der Waals surface area contributed by atoms with E-state index in [1.165, 1.54) is 0 Å². The topological polar surface area (TPSA) is 3.24 Å². The Balaban J connectivity index is 2.69. The third kappa shape index (κ3) is 1.98. The van der Waals surface area contributed by atoms with Crippen molar-refractivity contribution in [2.45, 2.75) is 46.0 Å². The van der Waals surface area contributed by atoms with Crippen LogP contribution in [0.3, 0.4) is 0 Å². The molecule has 12 heavy (non-hydrogen) atoms. The van der Waals surface area contributed by atoms with Crippen molar-refractivity contribution in [1.82, 2.24) is 4.90 Å². The monoisotopic (exact) mass is 185 g/mol. The highest BCUT2D eigenvalue weighted by molar-refractivity contribution is 8.02. The van der Waals surface area contributed by atoms with Gasteiger partial charge in [0.05, 0.1) is 5.37 Å². The van der Waals surface area contributed by atoms with E-state index in [1.807, 2.05) is 11.8 Å². The molecule has 0 aromatic carbocycles. The van der Waals surface area contributed by atoms with E-state index in [0.29, 0.717) is 16.8 Å². The molecule has 0 spiro atoms. The van der Waals surface area contributed by atoms with Crippen LogP contribution in [0.5, 0.6) is 0 Å². The lowest BCUT2D eigenvalue weighted by Crippen LogP contribution is -2.39. The Kier molecular flexibility index (Phi) is 2.77. The van der Waals surface area contributed by atoms with Gasteiger partial charge in [-0.2, -0.15) is 0 Å². The average Bonchev–Trinajstić information content (AvgIpc) is 2.30. The second-order valence-electron chi connectivity index (χ2n) is 4.68. The summed E-state index contributed by atoms with van der Waals surface area (Å²) in [4.78, 5) is 2.44. The van der Waals surface area contributed by atoms with Gasteiger partial charge in [-0.15, -0.1) is 11.8 Å². The maximum absolute atomic E-state index is 2.44. The molecular formula is C10H19NS. The second-order valence-corrected chi connectivity index (χ2v) is 5.67. The van der Waals surface area contributed by atoms with E-state index in [-0.39, 0.29) is 0 Å². The minimum atomic E-state index is 0.360. The quantitative estimate of drug-likeness (QED) is 0.616. The summed E-state index contributed by atoms with van der Waals surface area (Å²) in [5.74, 6) is 0. The lowest BCUT2D eigenvalue weighted by molar-refractivity contribution is 0.193. The normalized spacial score (nSPS) is 24.2. The molecule has 0 aliphatic carbocycles. The van der Waals surface area contributed by atoms with Gasteiger partial charge in [0.15, 0.2) is 0 Å². The van der Waals surface area contributed by atoms with E-state index in [9.17, 15) is 0 Å². The largest absolute Gasteiger partial charge is 0.362 e. The molecule has 0 bridgehead atoms. The summed E-state index contributed by atoms with van der Waals surface area (Å²) in [5, 5.41) is 2.81. The summed E-state index contributed by atoms with van der Waals surface area (Å²) >= 11 is 1.93. The zero-order chi connectivity index (χ0) is 9.35. The number of nitrogens with zero attached hydrogens (tertiary/aromatic N) is 1. The predicted octanol–water partition coefficient (Wildman–Crippen LogP) is 3.29. The van der Waals surface area contributed by atoms with Gasteiger partial charge in [0, 0.05) is 12.2 Å². The molecule has 1 aliphatic rings. The van der Waals surface area contributed by atoms with Gasteiger partial charge >= 0.3 is 0 Å². The fraction of sp³-hybridized carbons (Fsp3) is 0.800. The summed E-state index contributed by atoms with van der Waals surface area (Å²) in [6.45, 7) is 11.4. The standard InChI is InChI=1S/C10H19NS/c1-8(2)11-6-7-12-9(11)10(3,4)5/h6-9H,1-5H3. The molecule has 1 nitrogen and oxygen atoms in total. The molecule has 1 atom stereocenters. The van der Waals surface area contributed by atoms with Crippen LogP contribution in [0.15, 0.2) is 11.6 Å². The van der Waals surface area contributed by atoms with Gasteiger partial charge in [-0.3, -0.25) is 0 Å². The van der Waals surface area contributed by atoms with Crippen molar-refractivity contribution >= 4 is 11.8 Å². The number of rotatable bonds is 1. The smallest absolute Gasteiger partial charge is 0.0837 e. The third-order valence-electron chi connectivity index (χ3n) is 2.05. The van der Waals surface area contributed by atoms with Crippen LogP contribution in [0.25, 0.3) is 0 Å². The van der Waals surface area contributed by atoms with E-state index in [2.05, 4.69) is 51.1 Å². The molecule has 1 rings (SSSR count). The van der Waals surface area contributed by atoms with Gasteiger partial charge in [0.1, 0.15) is 0 Å². The van der Waals surface area contributed by atoms with E-state index in [0.717, 1.165) is 0 Å². The van der Waals surface area contributed by atoms with Crippen molar-refractivity contribution in [1.29, 1.82) is 0 Å². The predicted molar refractivity (Wildman–Crippen MR) is 56.9 cm³/mol. The van der Waals surface area contributed by atoms with Crippen LogP contribution in [-0.4, -0.2) is 16.3 Å². The van der Waals surface area contributed by atoms with E-state index in [1.54, 1.807) is 0 Å². The molecule has 0 saturated carbocycles. The van der Waals surface area contributed by atoms with Gasteiger partial charge in [-0.05, 0) is 24.7 Å². The van der Waals surface area contributed by atoms with Crippen molar-refractivity contribution < 1.29 is 0 Å². The molecule has 0 radical (unpaired) electrons. The molecule has 1 aliphatic heterocycles. The van der Waals surface area contributed by atoms with Crippen LogP contribution >= 0.6 is 11.8 Å². The highest BCUT2D eigenvalue weighted by Crippen LogP contribution is 2.38. The van der Waals surface area contributed by atoms with E-state index < -0.39 is 0 Å². The van der Waals surface area contributed by atoms with Gasteiger partial charge in [0.25, 0.3) is 0 Å². The summed E-state index contributed by atoms with van der Waals surface area (Å²) in [6.07, 6.45) is 2.21. The summed E-state index contributed by atoms with van der Waals surface area (Å²) in [6, 6.07) is 0.612. The van der Waals surface area contributed by atoms with Crippen LogP contribution < -0.4 is 0 Å². The van der Waals surface area contributed by atoms with Gasteiger partial charge < -0.3 is 4.90 Å². The number of hydrogen-bond acceptors (Lipinski definition) is 2. The lowest BCUT2D eigenvalue weighted by Gasteiger charge is -2.37. The fourth-order valence-corrected chi connectivity index (χ4v) is 2.64. The van der Waals surface area contributed by atoms with E-state index >= 15 is 0 Å². The molecule has 0 N–H and O–H groups in total. The zero-order valence-corrected chi connectivity index (χ0v) is 9.48. The van der Waals surface area contributed by atoms with Gasteiger partial charge in [-0.25, -0.2) is 0 Å². The first-order valence-electron chi connectivity index (χ1n) is 4.52. The van der Waals surface area contributed by atoms with Crippen LogP contribution in [0.1, 0.15) is 34.6 Å². The summed E-state index contributed by atoms with van der Waals surface area (Å²) < 4.78 is 0. The first-order valence-corrected chi connectivity index (χ1v) is 5.47. The molecule has 2 heteroatoms. The van der Waals surface area contributed by atoms with Gasteiger partial charge in [-0.1, -0.05) is 20.8 Å². The molecule has 70 valence electrons. The Morgan fingerprint density at radius 1 is 1.33 bits per heavy atom. The zero-order valence-electron chi connectivity index (χ0n) is 8.66. The van der Waals surface area contributed by atoms with Crippen molar-refractivity contribution in [2.75, 3.05) is 0 Å². The molecule has 0 amide bonds. The third-order valence-corrected chi connectivity index (χ3v) is 3.54. The minimum absolute atomic E-state index is 0.360. The Morgan fingerprint density at radius 2 is 1.92 bits per heavy atom. The van der Waals surface area contributed by atoms with Crippen LogP contribution in [0, 0.1) is 5.41 Å². The Bertz CT molecular complexity index is 179. The van der Waals surface area contributed by atoms with Crippen LogP contribution in [0.4, 0.5) is 0 Å². The Hall–Kier alpha value is -0.110. The number of hydrogen-bond donors (Lipinski definition) is 0. The minimum Gasteiger partial charge on any atom is -0.362 e. The highest BCUT2D eigenvalue weighted by Gasteiger charge is 2.32. The summed E-state index contributed by atoms with van der Waals surface area (Å²) in [7, 11) is 0. The summed E-state index contributed by atoms with van der Waals surface area (Å²) in [5.41, 5.74) is 0.360. The van der Waals surface area contributed by atoms with Crippen molar-refractivity contribution in [3.8, 4) is 0 Å². The van der Waals surface area contributed by atoms with Crippen LogP contribution in [-0.2, 0) is 0 Å². The molecular weight excluding hydrogens is 166 g/mol. The molecule has 1 unspecified atom stereocenters. The molecule has 1 heterocycles. The van der Waals surface area contributed by atoms with Crippen LogP contribution in [0.2, 0.25) is 0 Å². The average molecular weight is 185 g/mol. The SMILES string of the molecule is CC(C)N1C=CSC1C(C)(C)C. The molecule has 0 fully saturated rings. The first-order chi connectivity index (χ1) is 5.43. The van der Waals surface area contributed by atoms with Crippen molar-refractivity contribution in [3.05, 3.63) is 11.6 Å². The van der Waals surface area contributed by atoms with Crippen molar-refractivity contribution in [3.63, 3.8) is 0 Å². The Morgan fingerprint density at radius 3 is 2.25 bits per heavy atom. The molecule has 0 aromatic heterocycles. The Labute approximate surface area is 80.2 Å². The lowest BCUT2D eigenvalue weighted by atomic mass is 9.95. The highest BCUT2D eigenvalue weighted by atomic mass is 32.2. The second kappa shape index (κ2) is 3.33. The maximum Gasteiger partial charge on any atom is 0.0837 e. The van der Waals surface area contributed by atoms with Crippen molar-refractivity contribution in [2.24, 2.45) is 5.41 Å². The van der Waals surface area contributed by atoms with E-state index in [4.69, 9.17) is 0 Å². The maximum atomic E-state index is 2.44. The first kappa shape index (κ1) is 9.97. The molecule has 0 aromatic rings. The molecule has 0 saturated heterocycles.